The second-order valence-electron chi connectivity index (χ2n) is 9.48. The van der Waals surface area contributed by atoms with Crippen molar-refractivity contribution < 1.29 is 14.0 Å². The van der Waals surface area contributed by atoms with Crippen LogP contribution in [0.2, 0.25) is 0 Å². The Balaban J connectivity index is 1.44. The van der Waals surface area contributed by atoms with Crippen molar-refractivity contribution in [2.75, 3.05) is 4.90 Å². The second kappa shape index (κ2) is 7.12. The lowest BCUT2D eigenvalue weighted by atomic mass is 9.80. The number of aryl methyl sites for hydroxylation is 2. The van der Waals surface area contributed by atoms with E-state index in [4.69, 9.17) is 14.6 Å². The summed E-state index contributed by atoms with van der Waals surface area (Å²) in [5.41, 5.74) is 3.36. The van der Waals surface area contributed by atoms with Gasteiger partial charge in [-0.1, -0.05) is 23.4 Å². The third kappa shape index (κ3) is 3.08. The van der Waals surface area contributed by atoms with E-state index in [0.29, 0.717) is 29.8 Å². The zero-order valence-corrected chi connectivity index (χ0v) is 18.9. The van der Waals surface area contributed by atoms with Gasteiger partial charge in [-0.25, -0.2) is 9.37 Å². The van der Waals surface area contributed by atoms with Gasteiger partial charge < -0.3 is 14.5 Å². The predicted octanol–water partition coefficient (Wildman–Crippen LogP) is 4.47. The fraction of sp³-hybridized carbons (Fsp3) is 0.400. The molecule has 2 bridgehead atoms. The zero-order chi connectivity index (χ0) is 22.9. The van der Waals surface area contributed by atoms with E-state index in [1.165, 1.54) is 6.07 Å². The van der Waals surface area contributed by atoms with Crippen LogP contribution in [-0.4, -0.2) is 36.9 Å². The van der Waals surface area contributed by atoms with Crippen LogP contribution in [0.3, 0.4) is 0 Å². The van der Waals surface area contributed by atoms with Crippen molar-refractivity contribution in [2.45, 2.75) is 64.1 Å². The summed E-state index contributed by atoms with van der Waals surface area (Å²) >= 11 is 0. The largest absolute Gasteiger partial charge is 0.385 e. The Morgan fingerprint density at radius 1 is 1.06 bits per heavy atom. The molecule has 2 aliphatic rings. The summed E-state index contributed by atoms with van der Waals surface area (Å²) in [7, 11) is 0. The van der Waals surface area contributed by atoms with Crippen molar-refractivity contribution in [3.63, 3.8) is 0 Å². The van der Waals surface area contributed by atoms with Crippen LogP contribution in [0.25, 0.3) is 17.0 Å². The van der Waals surface area contributed by atoms with E-state index in [1.54, 1.807) is 18.2 Å². The smallest absolute Gasteiger partial charge is 0.158 e. The molecule has 5 heterocycles. The van der Waals surface area contributed by atoms with E-state index in [0.717, 1.165) is 41.3 Å². The van der Waals surface area contributed by atoms with Gasteiger partial charge in [-0.3, -0.25) is 0 Å². The topological polar surface area (TPSA) is 79.7 Å². The number of aliphatic hydroxyl groups is 1. The number of piperidine rings is 1. The second-order valence-corrected chi connectivity index (χ2v) is 9.48. The van der Waals surface area contributed by atoms with E-state index < -0.39 is 5.60 Å². The van der Waals surface area contributed by atoms with Gasteiger partial charge in [-0.15, -0.1) is 0 Å². The Morgan fingerprint density at radius 2 is 1.79 bits per heavy atom. The summed E-state index contributed by atoms with van der Waals surface area (Å²) in [5, 5.41) is 20.5. The van der Waals surface area contributed by atoms with E-state index in [2.05, 4.69) is 17.0 Å². The monoisotopic (exact) mass is 447 g/mol. The average molecular weight is 448 g/mol. The van der Waals surface area contributed by atoms with Crippen LogP contribution in [0.1, 0.15) is 48.3 Å². The van der Waals surface area contributed by atoms with Crippen molar-refractivity contribution in [3.8, 4) is 11.4 Å². The third-order valence-electron chi connectivity index (χ3n) is 7.33. The minimum absolute atomic E-state index is 0.0824. The molecule has 0 radical (unpaired) electrons. The lowest BCUT2D eigenvalue weighted by molar-refractivity contribution is -0.00635. The van der Waals surface area contributed by atoms with Crippen LogP contribution in [-0.2, 0) is 5.60 Å². The third-order valence-corrected chi connectivity index (χ3v) is 7.33. The number of aromatic nitrogens is 4. The molecule has 0 saturated carbocycles. The molecular formula is C25H26FN5O2. The first-order chi connectivity index (χ1) is 15.8. The lowest BCUT2D eigenvalue weighted by Crippen LogP contribution is -2.51. The van der Waals surface area contributed by atoms with E-state index in [-0.39, 0.29) is 17.9 Å². The van der Waals surface area contributed by atoms with Crippen molar-refractivity contribution >= 4 is 11.5 Å². The molecule has 0 amide bonds. The van der Waals surface area contributed by atoms with Crippen molar-refractivity contribution in [1.29, 1.82) is 0 Å². The molecule has 33 heavy (non-hydrogen) atoms. The fourth-order valence-corrected chi connectivity index (χ4v) is 5.73. The van der Waals surface area contributed by atoms with Gasteiger partial charge in [0.05, 0.1) is 5.60 Å². The minimum atomic E-state index is -1.17. The summed E-state index contributed by atoms with van der Waals surface area (Å²) in [6.07, 6.45) is 2.84. The van der Waals surface area contributed by atoms with Gasteiger partial charge in [0.1, 0.15) is 28.8 Å². The van der Waals surface area contributed by atoms with Crippen LogP contribution >= 0.6 is 0 Å². The Hall–Kier alpha value is -3.26. The van der Waals surface area contributed by atoms with Crippen LogP contribution in [0, 0.1) is 26.6 Å². The maximum atomic E-state index is 14.6. The Bertz CT molecular complexity index is 1360. The maximum Gasteiger partial charge on any atom is 0.158 e. The molecular weight excluding hydrogens is 421 g/mol. The van der Waals surface area contributed by atoms with Gasteiger partial charge in [0.15, 0.2) is 5.65 Å². The molecule has 8 heteroatoms. The summed E-state index contributed by atoms with van der Waals surface area (Å²) in [5.74, 6) is 1.38. The van der Waals surface area contributed by atoms with Gasteiger partial charge in [0, 0.05) is 53.9 Å². The number of halogens is 1. The van der Waals surface area contributed by atoms with Crippen LogP contribution in [0.4, 0.5) is 10.2 Å². The SMILES string of the molecule is Cc1cc(-c2cc3nc(C)c(C)c(N4C5CCC4CC(O)(c4ccccc4F)C5)n3n2)no1. The molecule has 2 fully saturated rings. The van der Waals surface area contributed by atoms with E-state index in [1.807, 2.05) is 30.5 Å². The number of hydrogen-bond acceptors (Lipinski definition) is 6. The van der Waals surface area contributed by atoms with Gasteiger partial charge >= 0.3 is 0 Å². The molecule has 2 atom stereocenters. The van der Waals surface area contributed by atoms with Crippen LogP contribution in [0.5, 0.6) is 0 Å². The first-order valence-electron chi connectivity index (χ1n) is 11.4. The van der Waals surface area contributed by atoms with Gasteiger partial charge in [-0.05, 0) is 39.7 Å². The number of benzene rings is 1. The molecule has 2 unspecified atom stereocenters. The lowest BCUT2D eigenvalue weighted by Gasteiger charge is -2.45. The Labute approximate surface area is 190 Å². The molecule has 0 spiro atoms. The highest BCUT2D eigenvalue weighted by Crippen LogP contribution is 2.48. The normalized spacial score (nSPS) is 24.7. The summed E-state index contributed by atoms with van der Waals surface area (Å²) in [4.78, 5) is 7.14. The molecule has 2 aliphatic heterocycles. The van der Waals surface area contributed by atoms with Crippen molar-refractivity contribution in [1.82, 2.24) is 19.8 Å². The predicted molar refractivity (Wildman–Crippen MR) is 122 cm³/mol. The molecule has 4 aromatic rings. The molecule has 0 aliphatic carbocycles. The summed E-state index contributed by atoms with van der Waals surface area (Å²) in [6.45, 7) is 5.93. The highest BCUT2D eigenvalue weighted by atomic mass is 19.1. The van der Waals surface area contributed by atoms with Crippen molar-refractivity contribution in [2.24, 2.45) is 0 Å². The van der Waals surface area contributed by atoms with Gasteiger partial charge in [0.2, 0.25) is 0 Å². The average Bonchev–Trinajstić information content (AvgIpc) is 3.46. The maximum absolute atomic E-state index is 14.6. The molecule has 1 aromatic carbocycles. The number of anilines is 1. The molecule has 6 rings (SSSR count). The molecule has 3 aromatic heterocycles. The van der Waals surface area contributed by atoms with Crippen molar-refractivity contribution in [3.05, 3.63) is 64.8 Å². The van der Waals surface area contributed by atoms with E-state index in [9.17, 15) is 9.50 Å². The van der Waals surface area contributed by atoms with Gasteiger partial charge in [0.25, 0.3) is 0 Å². The molecule has 2 saturated heterocycles. The highest BCUT2D eigenvalue weighted by molar-refractivity contribution is 5.65. The first kappa shape index (κ1) is 20.4. The first-order valence-corrected chi connectivity index (χ1v) is 11.4. The number of fused-ring (bicyclic) bond motifs is 3. The van der Waals surface area contributed by atoms with Gasteiger partial charge in [-0.2, -0.15) is 9.61 Å². The summed E-state index contributed by atoms with van der Waals surface area (Å²) < 4.78 is 21.7. The Morgan fingerprint density at radius 3 is 2.45 bits per heavy atom. The molecule has 170 valence electrons. The highest BCUT2D eigenvalue weighted by Gasteiger charge is 2.50. The quantitative estimate of drug-likeness (QED) is 0.499. The standard InChI is InChI=1S/C25H26FN5O2/c1-14-10-22(29-33-14)21-11-23-27-16(3)15(2)24(31(23)28-21)30-17-8-9-18(30)13-25(32,12-17)19-6-4-5-7-20(19)26/h4-7,10-11,17-18,32H,8-9,12-13H2,1-3H3. The van der Waals surface area contributed by atoms with Crippen LogP contribution < -0.4 is 4.90 Å². The summed E-state index contributed by atoms with van der Waals surface area (Å²) in [6, 6.07) is 10.6. The number of rotatable bonds is 3. The Kier molecular flexibility index (Phi) is 4.39. The zero-order valence-electron chi connectivity index (χ0n) is 18.9. The number of nitrogens with zero attached hydrogens (tertiary/aromatic N) is 5. The minimum Gasteiger partial charge on any atom is -0.385 e. The number of hydrogen-bond donors (Lipinski definition) is 1. The van der Waals surface area contributed by atoms with E-state index >= 15 is 0 Å². The fourth-order valence-electron chi connectivity index (χ4n) is 5.73. The van der Waals surface area contributed by atoms with Crippen LogP contribution in [0.15, 0.2) is 40.9 Å². The molecule has 7 nitrogen and oxygen atoms in total. The molecule has 1 N–H and O–H groups in total.